The van der Waals surface area contributed by atoms with Gasteiger partial charge >= 0.3 is 6.09 Å². The van der Waals surface area contributed by atoms with Gasteiger partial charge in [-0.2, -0.15) is 0 Å². The number of rotatable bonds is 9. The number of nitrogens with one attached hydrogen (secondary N) is 3. The summed E-state index contributed by atoms with van der Waals surface area (Å²) in [5.41, 5.74) is 1.07. The quantitative estimate of drug-likeness (QED) is 0.569. The average Bonchev–Trinajstić information content (AvgIpc) is 2.78. The van der Waals surface area contributed by atoms with Gasteiger partial charge in [0.05, 0.1) is 12.6 Å². The zero-order valence-electron chi connectivity index (χ0n) is 18.8. The van der Waals surface area contributed by atoms with E-state index in [1.165, 1.54) is 7.11 Å². The molecule has 1 aromatic carbocycles. The lowest BCUT2D eigenvalue weighted by molar-refractivity contribution is -0.125. The molecule has 0 fully saturated rings. The molecule has 1 heterocycles. The number of fused-ring (bicyclic) bond motifs is 1. The van der Waals surface area contributed by atoms with Crippen LogP contribution in [-0.2, 0) is 9.53 Å². The minimum absolute atomic E-state index is 0.111. The second-order valence-electron chi connectivity index (χ2n) is 7.96. The highest BCUT2D eigenvalue weighted by Crippen LogP contribution is 2.13. The molecular weight excluding hydrogens is 396 g/mol. The summed E-state index contributed by atoms with van der Waals surface area (Å²) < 4.78 is 4.62. The molecule has 3 atom stereocenters. The van der Waals surface area contributed by atoms with Crippen LogP contribution in [0.15, 0.2) is 36.4 Å². The zero-order valence-corrected chi connectivity index (χ0v) is 18.8. The second kappa shape index (κ2) is 11.3. The van der Waals surface area contributed by atoms with E-state index in [1.807, 2.05) is 58.0 Å². The van der Waals surface area contributed by atoms with Crippen molar-refractivity contribution in [3.63, 3.8) is 0 Å². The van der Waals surface area contributed by atoms with Crippen molar-refractivity contribution >= 4 is 28.8 Å². The summed E-state index contributed by atoms with van der Waals surface area (Å²) in [6, 6.07) is 10.1. The van der Waals surface area contributed by atoms with Crippen molar-refractivity contribution in [1.82, 2.24) is 20.9 Å². The Labute approximate surface area is 183 Å². The summed E-state index contributed by atoms with van der Waals surface area (Å²) in [6.45, 7) is 7.95. The Morgan fingerprint density at radius 3 is 2.39 bits per heavy atom. The predicted molar refractivity (Wildman–Crippen MR) is 120 cm³/mol. The van der Waals surface area contributed by atoms with Crippen LogP contribution in [0.5, 0.6) is 0 Å². The van der Waals surface area contributed by atoms with Crippen LogP contribution in [0.2, 0.25) is 0 Å². The van der Waals surface area contributed by atoms with Gasteiger partial charge in [0.25, 0.3) is 5.91 Å². The van der Waals surface area contributed by atoms with Crippen LogP contribution in [0.3, 0.4) is 0 Å². The highest BCUT2D eigenvalue weighted by molar-refractivity contribution is 5.95. The van der Waals surface area contributed by atoms with Crippen LogP contribution < -0.4 is 16.0 Å². The molecular formula is C23H32N4O4. The van der Waals surface area contributed by atoms with Crippen molar-refractivity contribution in [2.45, 2.75) is 46.2 Å². The van der Waals surface area contributed by atoms with Crippen molar-refractivity contribution in [2.75, 3.05) is 13.7 Å². The normalized spacial score (nSPS) is 13.9. The number of pyridine rings is 1. The molecule has 0 bridgehead atoms. The lowest BCUT2D eigenvalue weighted by atomic mass is 9.97. The summed E-state index contributed by atoms with van der Waals surface area (Å²) in [6.07, 6.45) is 0.149. The number of amides is 3. The molecule has 0 aliphatic heterocycles. The van der Waals surface area contributed by atoms with Gasteiger partial charge in [0.2, 0.25) is 5.91 Å². The first-order valence-corrected chi connectivity index (χ1v) is 10.6. The largest absolute Gasteiger partial charge is 0.453 e. The fourth-order valence-corrected chi connectivity index (χ4v) is 3.16. The maximum absolute atomic E-state index is 12.8. The molecule has 3 N–H and O–H groups in total. The molecule has 168 valence electrons. The van der Waals surface area contributed by atoms with Crippen molar-refractivity contribution in [3.05, 3.63) is 42.1 Å². The fourth-order valence-electron chi connectivity index (χ4n) is 3.16. The molecule has 2 rings (SSSR count). The van der Waals surface area contributed by atoms with E-state index in [4.69, 9.17) is 0 Å². The smallest absolute Gasteiger partial charge is 0.407 e. The van der Waals surface area contributed by atoms with E-state index >= 15 is 0 Å². The van der Waals surface area contributed by atoms with Crippen molar-refractivity contribution in [3.8, 4) is 0 Å². The Kier molecular flexibility index (Phi) is 8.78. The van der Waals surface area contributed by atoms with Crippen LogP contribution in [0, 0.1) is 11.8 Å². The van der Waals surface area contributed by atoms with E-state index in [0.717, 1.165) is 17.3 Å². The molecule has 31 heavy (non-hydrogen) atoms. The molecule has 0 aliphatic carbocycles. The number of hydrogen-bond acceptors (Lipinski definition) is 5. The summed E-state index contributed by atoms with van der Waals surface area (Å²) >= 11 is 0. The van der Waals surface area contributed by atoms with Crippen LogP contribution in [0.1, 0.15) is 44.6 Å². The van der Waals surface area contributed by atoms with Crippen molar-refractivity contribution in [1.29, 1.82) is 0 Å². The van der Waals surface area contributed by atoms with E-state index in [2.05, 4.69) is 25.7 Å². The van der Waals surface area contributed by atoms with Gasteiger partial charge in [-0.15, -0.1) is 0 Å². The Balaban J connectivity index is 2.06. The molecule has 0 aliphatic rings. The van der Waals surface area contributed by atoms with Gasteiger partial charge in [0, 0.05) is 18.0 Å². The topological polar surface area (TPSA) is 109 Å². The molecule has 8 heteroatoms. The molecule has 1 aromatic heterocycles. The van der Waals surface area contributed by atoms with E-state index in [0.29, 0.717) is 5.69 Å². The number of alkyl carbamates (subject to hydrolysis) is 1. The van der Waals surface area contributed by atoms with Crippen molar-refractivity contribution in [2.24, 2.45) is 11.8 Å². The summed E-state index contributed by atoms with van der Waals surface area (Å²) in [5.74, 6) is -0.641. The van der Waals surface area contributed by atoms with Crippen molar-refractivity contribution < 1.29 is 19.1 Å². The monoisotopic (exact) mass is 428 g/mol. The third-order valence-corrected chi connectivity index (χ3v) is 5.38. The number of benzene rings is 1. The molecule has 0 saturated carbocycles. The number of aromatic nitrogens is 1. The summed E-state index contributed by atoms with van der Waals surface area (Å²) in [4.78, 5) is 41.5. The maximum atomic E-state index is 12.8. The molecule has 3 amide bonds. The maximum Gasteiger partial charge on any atom is 0.407 e. The SMILES string of the molecule is CC[C@H](C)[C@@H](CNC(=O)c1ccc2ccccc2n1)NC(=O)[C@@H](NC(=O)OC)C(C)C. The van der Waals surface area contributed by atoms with E-state index in [9.17, 15) is 14.4 Å². The van der Waals surface area contributed by atoms with Crippen LogP contribution >= 0.6 is 0 Å². The Bertz CT molecular complexity index is 915. The lowest BCUT2D eigenvalue weighted by Gasteiger charge is -2.28. The zero-order chi connectivity index (χ0) is 23.0. The second-order valence-corrected chi connectivity index (χ2v) is 7.96. The minimum Gasteiger partial charge on any atom is -0.453 e. The molecule has 8 nitrogen and oxygen atoms in total. The summed E-state index contributed by atoms with van der Waals surface area (Å²) in [5, 5.41) is 9.37. The lowest BCUT2D eigenvalue weighted by Crippen LogP contribution is -2.55. The Morgan fingerprint density at radius 2 is 1.74 bits per heavy atom. The number of carbonyl (C=O) groups excluding carboxylic acids is 3. The number of ether oxygens (including phenoxy) is 1. The number of nitrogens with zero attached hydrogens (tertiary/aromatic N) is 1. The van der Waals surface area contributed by atoms with E-state index in [-0.39, 0.29) is 36.2 Å². The molecule has 0 spiro atoms. The Morgan fingerprint density at radius 1 is 1.03 bits per heavy atom. The predicted octanol–water partition coefficient (Wildman–Crippen LogP) is 2.88. The van der Waals surface area contributed by atoms with Gasteiger partial charge in [-0.05, 0) is 24.0 Å². The molecule has 0 unspecified atom stereocenters. The number of carbonyl (C=O) groups is 3. The Hall–Kier alpha value is -3.16. The first-order chi connectivity index (χ1) is 14.8. The van der Waals surface area contributed by atoms with Gasteiger partial charge in [0.1, 0.15) is 11.7 Å². The average molecular weight is 429 g/mol. The first kappa shape index (κ1) is 24.1. The van der Waals surface area contributed by atoms with Gasteiger partial charge in [0.15, 0.2) is 0 Å². The highest BCUT2D eigenvalue weighted by Gasteiger charge is 2.28. The van der Waals surface area contributed by atoms with Crippen LogP contribution in [0.25, 0.3) is 10.9 Å². The third-order valence-electron chi connectivity index (χ3n) is 5.38. The van der Waals surface area contributed by atoms with Crippen LogP contribution in [0.4, 0.5) is 4.79 Å². The molecule has 0 saturated heterocycles. The standard InChI is InChI=1S/C23H32N4O4/c1-6-15(4)19(26-22(29)20(14(2)3)27-23(30)31-5)13-24-21(28)18-12-11-16-9-7-8-10-17(16)25-18/h7-12,14-15,19-20H,6,13H2,1-5H3,(H,24,28)(H,26,29)(H,27,30)/t15-,19+,20-/m0/s1. The minimum atomic E-state index is -0.739. The highest BCUT2D eigenvalue weighted by atomic mass is 16.5. The third kappa shape index (κ3) is 6.67. The van der Waals surface area contributed by atoms with E-state index < -0.39 is 12.1 Å². The molecule has 2 aromatic rings. The van der Waals surface area contributed by atoms with Gasteiger partial charge < -0.3 is 20.7 Å². The number of hydrogen-bond donors (Lipinski definition) is 3. The first-order valence-electron chi connectivity index (χ1n) is 10.6. The van der Waals surface area contributed by atoms with Gasteiger partial charge in [-0.1, -0.05) is 58.4 Å². The fraction of sp³-hybridized carbons (Fsp3) is 0.478. The molecule has 0 radical (unpaired) electrons. The van der Waals surface area contributed by atoms with E-state index in [1.54, 1.807) is 6.07 Å². The summed E-state index contributed by atoms with van der Waals surface area (Å²) in [7, 11) is 1.25. The number of para-hydroxylation sites is 1. The van der Waals surface area contributed by atoms with Gasteiger partial charge in [-0.3, -0.25) is 9.59 Å². The van der Waals surface area contributed by atoms with Crippen LogP contribution in [-0.4, -0.2) is 48.6 Å². The number of methoxy groups -OCH3 is 1. The van der Waals surface area contributed by atoms with Gasteiger partial charge in [-0.25, -0.2) is 9.78 Å².